The van der Waals surface area contributed by atoms with Crippen LogP contribution in [0, 0.1) is 5.92 Å². The number of ether oxygens (including phenoxy) is 1. The van der Waals surface area contributed by atoms with Crippen LogP contribution in [0.3, 0.4) is 0 Å². The van der Waals surface area contributed by atoms with E-state index in [1.165, 1.54) is 7.11 Å². The third-order valence-electron chi connectivity index (χ3n) is 3.09. The average molecular weight is 296 g/mol. The molecular formula is C13H16N2O4S. The van der Waals surface area contributed by atoms with E-state index in [0.717, 1.165) is 24.2 Å². The van der Waals surface area contributed by atoms with Crippen molar-refractivity contribution in [1.29, 1.82) is 0 Å². The number of nitrogens with one attached hydrogen (secondary N) is 2. The van der Waals surface area contributed by atoms with Crippen molar-refractivity contribution in [2.45, 2.75) is 19.3 Å². The monoisotopic (exact) mass is 296 g/mol. The third kappa shape index (κ3) is 3.36. The maximum absolute atomic E-state index is 12.1. The van der Waals surface area contributed by atoms with Gasteiger partial charge in [-0.15, -0.1) is 11.3 Å². The molecule has 1 fully saturated rings. The Morgan fingerprint density at radius 1 is 1.40 bits per heavy atom. The zero-order valence-electron chi connectivity index (χ0n) is 11.1. The number of anilines is 1. The van der Waals surface area contributed by atoms with Crippen LogP contribution in [0.15, 0.2) is 12.1 Å². The Hall–Kier alpha value is -1.89. The lowest BCUT2D eigenvalue weighted by molar-refractivity contribution is -0.132. The van der Waals surface area contributed by atoms with E-state index < -0.39 is 11.9 Å². The van der Waals surface area contributed by atoms with Crippen LogP contribution in [0.1, 0.15) is 28.9 Å². The molecule has 0 aliphatic carbocycles. The summed E-state index contributed by atoms with van der Waals surface area (Å²) >= 11 is 1.13. The predicted molar refractivity (Wildman–Crippen MR) is 74.6 cm³/mol. The lowest BCUT2D eigenvalue weighted by Crippen LogP contribution is -2.36. The normalized spacial score (nSPS) is 18.9. The summed E-state index contributed by atoms with van der Waals surface area (Å²) < 4.78 is 4.60. The molecule has 0 aromatic carbocycles. The number of hydrogen-bond acceptors (Lipinski definition) is 5. The Bertz CT molecular complexity index is 526. The summed E-state index contributed by atoms with van der Waals surface area (Å²) in [5.41, 5.74) is 0. The number of thiophene rings is 1. The summed E-state index contributed by atoms with van der Waals surface area (Å²) in [7, 11) is 1.30. The minimum atomic E-state index is -0.666. The Balaban J connectivity index is 2.01. The maximum atomic E-state index is 12.1. The standard InChI is InChI=1S/C13H16N2O4S/c1-19-13(18)9-5-6-10(20-9)15-12(17)8-4-2-3-7-14-11(8)16/h5-6,8H,2-4,7H2,1H3,(H,14,16)(H,15,17). The van der Waals surface area contributed by atoms with Gasteiger partial charge in [0.25, 0.3) is 0 Å². The van der Waals surface area contributed by atoms with Crippen molar-refractivity contribution in [3.8, 4) is 0 Å². The van der Waals surface area contributed by atoms with Gasteiger partial charge < -0.3 is 15.4 Å². The van der Waals surface area contributed by atoms with Crippen LogP contribution in [0.25, 0.3) is 0 Å². The van der Waals surface area contributed by atoms with Crippen LogP contribution in [-0.4, -0.2) is 31.4 Å². The van der Waals surface area contributed by atoms with E-state index in [9.17, 15) is 14.4 Å². The summed E-state index contributed by atoms with van der Waals surface area (Å²) in [6, 6.07) is 3.21. The van der Waals surface area contributed by atoms with Gasteiger partial charge in [0.05, 0.1) is 12.1 Å². The second-order valence-electron chi connectivity index (χ2n) is 4.48. The third-order valence-corrected chi connectivity index (χ3v) is 4.07. The van der Waals surface area contributed by atoms with Crippen molar-refractivity contribution in [3.63, 3.8) is 0 Å². The molecule has 2 rings (SSSR count). The van der Waals surface area contributed by atoms with Crippen LogP contribution < -0.4 is 10.6 Å². The van der Waals surface area contributed by atoms with Gasteiger partial charge in [0.15, 0.2) is 0 Å². The van der Waals surface area contributed by atoms with Crippen molar-refractivity contribution in [1.82, 2.24) is 5.32 Å². The number of carbonyl (C=O) groups is 3. The average Bonchev–Trinajstić information content (AvgIpc) is 2.79. The molecule has 2 amide bonds. The molecule has 6 nitrogen and oxygen atoms in total. The lowest BCUT2D eigenvalue weighted by Gasteiger charge is -2.12. The number of esters is 1. The van der Waals surface area contributed by atoms with Gasteiger partial charge in [-0.25, -0.2) is 4.79 Å². The highest BCUT2D eigenvalue weighted by atomic mass is 32.1. The summed E-state index contributed by atoms with van der Waals surface area (Å²) in [6.45, 7) is 0.619. The molecule has 0 bridgehead atoms. The van der Waals surface area contributed by atoms with E-state index in [0.29, 0.717) is 22.8 Å². The second kappa shape index (κ2) is 6.51. The molecule has 1 unspecified atom stereocenters. The van der Waals surface area contributed by atoms with Crippen molar-refractivity contribution in [3.05, 3.63) is 17.0 Å². The molecule has 1 aliphatic heterocycles. The Morgan fingerprint density at radius 2 is 2.20 bits per heavy atom. The van der Waals surface area contributed by atoms with Crippen molar-refractivity contribution >= 4 is 34.1 Å². The zero-order chi connectivity index (χ0) is 14.5. The summed E-state index contributed by atoms with van der Waals surface area (Å²) in [5.74, 6) is -1.67. The van der Waals surface area contributed by atoms with Gasteiger partial charge in [-0.1, -0.05) is 6.42 Å². The van der Waals surface area contributed by atoms with E-state index in [4.69, 9.17) is 0 Å². The fourth-order valence-electron chi connectivity index (χ4n) is 2.01. The first-order valence-electron chi connectivity index (χ1n) is 6.38. The highest BCUT2D eigenvalue weighted by Gasteiger charge is 2.28. The zero-order valence-corrected chi connectivity index (χ0v) is 11.9. The summed E-state index contributed by atoms with van der Waals surface area (Å²) in [6.07, 6.45) is 2.28. The molecular weight excluding hydrogens is 280 g/mol. The van der Waals surface area contributed by atoms with E-state index in [-0.39, 0.29) is 11.8 Å². The molecule has 1 aliphatic rings. The first-order valence-corrected chi connectivity index (χ1v) is 7.20. The summed E-state index contributed by atoms with van der Waals surface area (Å²) in [4.78, 5) is 35.6. The predicted octanol–water partition coefficient (Wildman–Crippen LogP) is 1.39. The molecule has 2 N–H and O–H groups in total. The molecule has 7 heteroatoms. The Morgan fingerprint density at radius 3 is 2.95 bits per heavy atom. The highest BCUT2D eigenvalue weighted by molar-refractivity contribution is 7.18. The quantitative estimate of drug-likeness (QED) is 0.652. The topological polar surface area (TPSA) is 84.5 Å². The smallest absolute Gasteiger partial charge is 0.348 e. The van der Waals surface area contributed by atoms with E-state index >= 15 is 0 Å². The van der Waals surface area contributed by atoms with Crippen LogP contribution in [-0.2, 0) is 14.3 Å². The lowest BCUT2D eigenvalue weighted by atomic mass is 10.0. The van der Waals surface area contributed by atoms with Crippen molar-refractivity contribution in [2.24, 2.45) is 5.92 Å². The van der Waals surface area contributed by atoms with E-state index in [2.05, 4.69) is 15.4 Å². The van der Waals surface area contributed by atoms with Gasteiger partial charge in [0, 0.05) is 6.54 Å². The fourth-order valence-corrected chi connectivity index (χ4v) is 2.84. The van der Waals surface area contributed by atoms with Crippen molar-refractivity contribution in [2.75, 3.05) is 19.0 Å². The molecule has 0 saturated carbocycles. The minimum absolute atomic E-state index is 0.232. The van der Waals surface area contributed by atoms with Gasteiger partial charge in [-0.05, 0) is 25.0 Å². The van der Waals surface area contributed by atoms with Crippen LogP contribution in [0.5, 0.6) is 0 Å². The Labute approximate surface area is 120 Å². The first-order chi connectivity index (χ1) is 9.61. The van der Waals surface area contributed by atoms with Gasteiger partial charge >= 0.3 is 5.97 Å². The SMILES string of the molecule is COC(=O)c1ccc(NC(=O)C2CCCCNC2=O)s1. The van der Waals surface area contributed by atoms with Gasteiger partial charge in [-0.2, -0.15) is 0 Å². The van der Waals surface area contributed by atoms with Gasteiger partial charge in [0.1, 0.15) is 10.8 Å². The van der Waals surface area contributed by atoms with Crippen LogP contribution in [0.4, 0.5) is 5.00 Å². The molecule has 1 atom stereocenters. The molecule has 2 heterocycles. The molecule has 1 saturated heterocycles. The highest BCUT2D eigenvalue weighted by Crippen LogP contribution is 2.24. The van der Waals surface area contributed by atoms with Crippen molar-refractivity contribution < 1.29 is 19.1 Å². The minimum Gasteiger partial charge on any atom is -0.465 e. The molecule has 0 spiro atoms. The second-order valence-corrected chi connectivity index (χ2v) is 5.57. The van der Waals surface area contributed by atoms with Crippen LogP contribution in [0.2, 0.25) is 0 Å². The molecule has 0 radical (unpaired) electrons. The fraction of sp³-hybridized carbons (Fsp3) is 0.462. The molecule has 20 heavy (non-hydrogen) atoms. The Kier molecular flexibility index (Phi) is 4.73. The van der Waals surface area contributed by atoms with E-state index in [1.807, 2.05) is 0 Å². The first kappa shape index (κ1) is 14.5. The number of rotatable bonds is 3. The number of methoxy groups -OCH3 is 1. The largest absolute Gasteiger partial charge is 0.465 e. The van der Waals surface area contributed by atoms with Gasteiger partial charge in [0.2, 0.25) is 11.8 Å². The van der Waals surface area contributed by atoms with E-state index in [1.54, 1.807) is 12.1 Å². The number of carbonyl (C=O) groups excluding carboxylic acids is 3. The molecule has 1 aromatic heterocycles. The summed E-state index contributed by atoms with van der Waals surface area (Å²) in [5, 5.41) is 5.94. The van der Waals surface area contributed by atoms with Gasteiger partial charge in [-0.3, -0.25) is 9.59 Å². The molecule has 1 aromatic rings. The maximum Gasteiger partial charge on any atom is 0.348 e. The number of hydrogen-bond donors (Lipinski definition) is 2. The molecule has 108 valence electrons. The number of amides is 2. The van der Waals surface area contributed by atoms with Crippen LogP contribution >= 0.6 is 11.3 Å².